The first-order valence-corrected chi connectivity index (χ1v) is 29.7. The fourth-order valence-corrected chi connectivity index (χ4v) is 9.63. The van der Waals surface area contributed by atoms with Gasteiger partial charge < -0.3 is 62.5 Å². The number of carbonyl (C=O) groups excluding carboxylic acids is 8. The molecule has 3 aromatic carbocycles. The summed E-state index contributed by atoms with van der Waals surface area (Å²) in [6, 6.07) is 20.6. The molecule has 0 fully saturated rings. The number of imide groups is 1. The van der Waals surface area contributed by atoms with E-state index in [2.05, 4.69) is 47.2 Å². The number of nitrogens with one attached hydrogen (secondary N) is 8. The van der Waals surface area contributed by atoms with Crippen LogP contribution in [-0.2, 0) is 51.5 Å². The molecule has 9 amide bonds. The number of hydrogen-bond donors (Lipinski definition) is 10. The molecule has 0 bridgehead atoms. The molecule has 1 aliphatic heterocycles. The number of carbonyl (C=O) groups is 9. The van der Waals surface area contributed by atoms with Gasteiger partial charge in [0.25, 0.3) is 11.8 Å². The minimum Gasteiger partial charge on any atom is -0.492 e. The van der Waals surface area contributed by atoms with Crippen molar-refractivity contribution in [3.05, 3.63) is 132 Å². The number of alkyl carbamates (subject to hydrolysis) is 1. The van der Waals surface area contributed by atoms with Gasteiger partial charge in [-0.15, -0.1) is 0 Å². The first-order valence-electron chi connectivity index (χ1n) is 29.7. The zero-order valence-electron chi connectivity index (χ0n) is 50.6. The summed E-state index contributed by atoms with van der Waals surface area (Å²) < 4.78 is 26.3. The Bertz CT molecular complexity index is 3560. The summed E-state index contributed by atoms with van der Waals surface area (Å²) in [7, 11) is 0. The summed E-state index contributed by atoms with van der Waals surface area (Å²) in [4.78, 5) is 132. The minimum atomic E-state index is -1.33. The van der Waals surface area contributed by atoms with Crippen molar-refractivity contribution in [2.45, 2.75) is 123 Å². The van der Waals surface area contributed by atoms with Crippen LogP contribution in [0, 0.1) is 25.6 Å². The fourth-order valence-electron chi connectivity index (χ4n) is 9.63. The maximum atomic E-state index is 14.8. The van der Waals surface area contributed by atoms with Gasteiger partial charge in [-0.25, -0.2) is 19.0 Å². The quantitative estimate of drug-likeness (QED) is 0.0144. The van der Waals surface area contributed by atoms with Crippen LogP contribution in [0.2, 0.25) is 0 Å². The topological polar surface area (TPSA) is 360 Å². The number of hydrogen-bond acceptors (Lipinski definition) is 15. The molecule has 6 aromatic rings. The highest BCUT2D eigenvalue weighted by molar-refractivity contribution is 6.12. The summed E-state index contributed by atoms with van der Waals surface area (Å²) in [5.41, 5.74) is 11.6. The molecular formula is C64H76FN13O12. The first kappa shape index (κ1) is 67.2. The molecule has 0 saturated carbocycles. The molecule has 476 valence electrons. The van der Waals surface area contributed by atoms with Crippen molar-refractivity contribution in [3.63, 3.8) is 0 Å². The van der Waals surface area contributed by atoms with E-state index in [0.29, 0.717) is 90.7 Å². The van der Waals surface area contributed by atoms with Gasteiger partial charge in [0.1, 0.15) is 47.8 Å². The van der Waals surface area contributed by atoms with E-state index in [9.17, 15) is 52.6 Å². The molecular weight excluding hydrogens is 1160 g/mol. The van der Waals surface area contributed by atoms with Gasteiger partial charge in [0.05, 0.1) is 41.9 Å². The maximum Gasteiger partial charge on any atom is 0.407 e. The number of carboxylic acid groups (broad SMARTS) is 1. The molecule has 7 rings (SSSR count). The van der Waals surface area contributed by atoms with Crippen molar-refractivity contribution in [2.75, 3.05) is 36.9 Å². The number of ether oxygens (including phenoxy) is 2. The van der Waals surface area contributed by atoms with Gasteiger partial charge in [-0.3, -0.25) is 48.4 Å². The predicted molar refractivity (Wildman–Crippen MR) is 332 cm³/mol. The number of rotatable bonds is 34. The minimum absolute atomic E-state index is 0.0259. The molecule has 3 aromatic heterocycles. The van der Waals surface area contributed by atoms with Crippen molar-refractivity contribution < 1.29 is 62.1 Å². The maximum absolute atomic E-state index is 14.8. The van der Waals surface area contributed by atoms with Crippen LogP contribution >= 0.6 is 0 Å². The molecule has 90 heavy (non-hydrogen) atoms. The van der Waals surface area contributed by atoms with E-state index in [1.807, 2.05) is 49.4 Å². The van der Waals surface area contributed by atoms with Crippen molar-refractivity contribution in [3.8, 4) is 28.4 Å². The molecule has 25 nitrogen and oxygen atoms in total. The first-order chi connectivity index (χ1) is 43.2. The van der Waals surface area contributed by atoms with Gasteiger partial charge in [-0.1, -0.05) is 56.7 Å². The number of urea groups is 1. The number of primary amides is 1. The van der Waals surface area contributed by atoms with Gasteiger partial charge >= 0.3 is 18.1 Å². The van der Waals surface area contributed by atoms with Crippen molar-refractivity contribution in [1.29, 1.82) is 0 Å². The molecule has 1 aliphatic rings. The number of imidazole rings is 1. The number of aromatic amines is 1. The Hall–Kier alpha value is -10.3. The van der Waals surface area contributed by atoms with Gasteiger partial charge in [0.2, 0.25) is 23.6 Å². The number of amides is 9. The van der Waals surface area contributed by atoms with Crippen LogP contribution in [0.25, 0.3) is 33.5 Å². The zero-order valence-corrected chi connectivity index (χ0v) is 50.6. The van der Waals surface area contributed by atoms with E-state index in [1.165, 1.54) is 12.2 Å². The van der Waals surface area contributed by atoms with E-state index in [0.717, 1.165) is 32.8 Å². The number of H-pyrrole nitrogens is 1. The number of benzene rings is 3. The van der Waals surface area contributed by atoms with E-state index >= 15 is 0 Å². The number of anilines is 2. The molecule has 0 unspecified atom stereocenters. The van der Waals surface area contributed by atoms with Gasteiger partial charge in [-0.2, -0.15) is 0 Å². The van der Waals surface area contributed by atoms with E-state index in [-0.39, 0.29) is 57.7 Å². The number of aliphatic carboxylic acids is 1. The average molecular weight is 1240 g/mol. The van der Waals surface area contributed by atoms with Crippen molar-refractivity contribution in [1.82, 2.24) is 51.4 Å². The normalized spacial score (nSPS) is 12.9. The van der Waals surface area contributed by atoms with Crippen LogP contribution in [0.1, 0.15) is 101 Å². The number of nitrogens with zero attached hydrogens (tertiary/aromatic N) is 4. The van der Waals surface area contributed by atoms with Crippen LogP contribution < -0.4 is 47.7 Å². The van der Waals surface area contributed by atoms with Crippen LogP contribution in [0.4, 0.5) is 25.4 Å². The monoisotopic (exact) mass is 1240 g/mol. The average Bonchev–Trinajstić information content (AvgIpc) is 1.68. The zero-order chi connectivity index (χ0) is 64.7. The summed E-state index contributed by atoms with van der Waals surface area (Å²) in [6.45, 7) is 8.01. The molecule has 0 spiro atoms. The third-order valence-electron chi connectivity index (χ3n) is 14.5. The standard InChI is InChI=1S/C64H76FN13O12/c1-38(2)57(77-61(85)50(25-28-55(82)83)73-52(79)18-6-5-8-31-78-53(80)26-27-54(78)81)62(86)74-49(17-12-30-67-63(66)87)60(84)72-44-22-19-41(20-23-44)37-90-64(88)68-29-7-9-32-89-45-34-43-33-42(21-24-46(43)69-35-45)58-59(48-16-11-14-40(4)71-48)76-51(75-58)36-70-47-15-10-13-39(3)56(47)65/h10-11,13-16,19-24,26-27,33-35,38,49-50,57,70H,5-9,12,17-18,25,28-32,36-37H2,1-4H3,(H,68,88)(H,72,84)(H,73,79)(H,74,86)(H,75,76)(H,77,85)(H,82,83)(H3,66,67,87)/t49-,50-,57-/m0/s1. The van der Waals surface area contributed by atoms with Crippen LogP contribution in [0.3, 0.4) is 0 Å². The van der Waals surface area contributed by atoms with Gasteiger partial charge in [0, 0.05) is 67.0 Å². The van der Waals surface area contributed by atoms with Gasteiger partial charge in [-0.05, 0) is 124 Å². The highest BCUT2D eigenvalue weighted by Gasteiger charge is 2.32. The number of aryl methyl sites for hydroxylation is 2. The number of pyridine rings is 2. The summed E-state index contributed by atoms with van der Waals surface area (Å²) in [5, 5.41) is 29.2. The lowest BCUT2D eigenvalue weighted by Crippen LogP contribution is -2.57. The Morgan fingerprint density at radius 3 is 2.23 bits per heavy atom. The highest BCUT2D eigenvalue weighted by Crippen LogP contribution is 2.33. The van der Waals surface area contributed by atoms with E-state index in [1.54, 1.807) is 69.4 Å². The summed E-state index contributed by atoms with van der Waals surface area (Å²) >= 11 is 0. The second-order valence-electron chi connectivity index (χ2n) is 21.9. The molecule has 0 radical (unpaired) electrons. The second-order valence-corrected chi connectivity index (χ2v) is 21.9. The molecule has 11 N–H and O–H groups in total. The Labute approximate surface area is 519 Å². The molecule has 4 heterocycles. The number of nitrogens with two attached hydrogens (primary N) is 1. The number of halogens is 1. The molecule has 0 saturated heterocycles. The van der Waals surface area contributed by atoms with Crippen molar-refractivity contribution >= 4 is 75.8 Å². The Morgan fingerprint density at radius 2 is 1.50 bits per heavy atom. The highest BCUT2D eigenvalue weighted by atomic mass is 19.1. The van der Waals surface area contributed by atoms with Crippen molar-refractivity contribution in [2.24, 2.45) is 11.7 Å². The lowest BCUT2D eigenvalue weighted by atomic mass is 10.0. The number of carboxylic acids is 1. The molecule has 26 heteroatoms. The predicted octanol–water partition coefficient (Wildman–Crippen LogP) is 6.99. The van der Waals surface area contributed by atoms with Crippen LogP contribution in [0.15, 0.2) is 103 Å². The number of aromatic nitrogens is 4. The third-order valence-corrected chi connectivity index (χ3v) is 14.5. The number of unbranched alkanes of at least 4 members (excludes halogenated alkanes) is 3. The molecule has 0 aliphatic carbocycles. The van der Waals surface area contributed by atoms with Crippen LogP contribution in [0.5, 0.6) is 5.75 Å². The molecule has 3 atom stereocenters. The lowest BCUT2D eigenvalue weighted by molar-refractivity contribution is -0.139. The fraction of sp³-hybridized carbons (Fsp3) is 0.375. The Morgan fingerprint density at radius 1 is 0.756 bits per heavy atom. The second kappa shape index (κ2) is 33.2. The summed E-state index contributed by atoms with van der Waals surface area (Å²) in [5.74, 6) is -4.50. The lowest BCUT2D eigenvalue weighted by Gasteiger charge is -2.27. The van der Waals surface area contributed by atoms with Gasteiger partial charge in [0.15, 0.2) is 0 Å². The van der Waals surface area contributed by atoms with Crippen LogP contribution in [-0.4, -0.2) is 128 Å². The number of fused-ring (bicyclic) bond motifs is 1. The smallest absolute Gasteiger partial charge is 0.407 e. The largest absolute Gasteiger partial charge is 0.492 e. The SMILES string of the molecule is Cc1cccc(-c2nc(CNc3cccc(C)c3F)[nH]c2-c2ccc3ncc(OCCCCNC(=O)OCc4ccc(NC(=O)[C@H](CCCNC(N)=O)NC(=O)[C@@H](NC(=O)[C@H](CCC(=O)O)NC(=O)CCCCCN5C(=O)C=CC5=O)C(C)C)cc4)cc3c2)n1. The van der Waals surface area contributed by atoms with E-state index < -0.39 is 84.0 Å². The van der Waals surface area contributed by atoms with E-state index in [4.69, 9.17) is 25.2 Å². The Kier molecular flexibility index (Phi) is 24.8. The third kappa shape index (κ3) is 20.4. The summed E-state index contributed by atoms with van der Waals surface area (Å²) in [6.07, 6.45) is 5.29. The Balaban J connectivity index is 0.854.